The van der Waals surface area contributed by atoms with Crippen LogP contribution in [-0.2, 0) is 28.1 Å². The summed E-state index contributed by atoms with van der Waals surface area (Å²) in [6.45, 7) is 0. The molecule has 0 saturated carbocycles. The fourth-order valence-corrected chi connectivity index (χ4v) is 7.27. The molecule has 0 aliphatic heterocycles. The predicted octanol–water partition coefficient (Wildman–Crippen LogP) is 9.58. The minimum atomic E-state index is 0. The zero-order chi connectivity index (χ0) is 30.4. The van der Waals surface area contributed by atoms with Crippen LogP contribution in [-0.4, -0.2) is 23.7 Å². The maximum Gasteiger partial charge on any atom is 2.00 e. The minimum Gasteiger partial charge on any atom is -0.367 e. The van der Waals surface area contributed by atoms with E-state index in [0.717, 1.165) is 66.8 Å². The van der Waals surface area contributed by atoms with Crippen molar-refractivity contribution in [2.75, 3.05) is 0 Å². The summed E-state index contributed by atoms with van der Waals surface area (Å²) in [5.74, 6) is 1.76. The van der Waals surface area contributed by atoms with Gasteiger partial charge in [-0.1, -0.05) is 112 Å². The summed E-state index contributed by atoms with van der Waals surface area (Å²) in [4.78, 5) is 9.85. The number of nitrogens with zero attached hydrogens (tertiary/aromatic N) is 5. The summed E-state index contributed by atoms with van der Waals surface area (Å²) < 4.78 is 6.70. The molecule has 0 amide bonds. The number of benzene rings is 6. The van der Waals surface area contributed by atoms with Crippen molar-refractivity contribution in [2.45, 2.75) is 0 Å². The normalized spacial score (nSPS) is 11.8. The average molecular weight is 783 g/mol. The molecule has 0 N–H and O–H groups in total. The number of rotatable bonds is 3. The number of para-hydroxylation sites is 4. The molecule has 0 spiro atoms. The Labute approximate surface area is 284 Å². The molecule has 4 aromatic heterocycles. The van der Waals surface area contributed by atoms with Crippen LogP contribution in [0.25, 0.3) is 88.3 Å². The van der Waals surface area contributed by atoms with Gasteiger partial charge in [-0.15, -0.1) is 23.6 Å². The number of pyridine rings is 1. The van der Waals surface area contributed by atoms with Gasteiger partial charge in [-0.05, 0) is 52.7 Å². The van der Waals surface area contributed by atoms with Gasteiger partial charge in [0.25, 0.3) is 0 Å². The molecule has 0 unspecified atom stereocenters. The Morgan fingerprint density at radius 2 is 1.19 bits per heavy atom. The Hall–Kier alpha value is -5.51. The monoisotopic (exact) mass is 782 g/mol. The van der Waals surface area contributed by atoms with Crippen LogP contribution in [0.1, 0.15) is 0 Å². The van der Waals surface area contributed by atoms with Gasteiger partial charge in [-0.2, -0.15) is 6.07 Å². The second kappa shape index (κ2) is 10.5. The van der Waals surface area contributed by atoms with Crippen LogP contribution < -0.4 is 0 Å². The van der Waals surface area contributed by atoms with Gasteiger partial charge in [0.1, 0.15) is 5.82 Å². The largest absolute Gasteiger partial charge is 2.00 e. The van der Waals surface area contributed by atoms with Gasteiger partial charge >= 0.3 is 21.1 Å². The Bertz CT molecular complexity index is 2820. The summed E-state index contributed by atoms with van der Waals surface area (Å²) in [6, 6.07) is 52.3. The van der Waals surface area contributed by atoms with Crippen LogP contribution in [0.3, 0.4) is 0 Å². The maximum atomic E-state index is 5.11. The van der Waals surface area contributed by atoms with E-state index in [9.17, 15) is 0 Å². The Morgan fingerprint density at radius 1 is 0.532 bits per heavy atom. The first-order chi connectivity index (χ1) is 22.8. The zero-order valence-corrected chi connectivity index (χ0v) is 27.5. The Balaban J connectivity index is 0.00000302. The van der Waals surface area contributed by atoms with E-state index in [0.29, 0.717) is 0 Å². The van der Waals surface area contributed by atoms with Crippen molar-refractivity contribution in [3.63, 3.8) is 0 Å². The molecule has 10 rings (SSSR count). The van der Waals surface area contributed by atoms with Crippen molar-refractivity contribution in [1.29, 1.82) is 0 Å². The molecule has 5 nitrogen and oxygen atoms in total. The molecule has 6 aromatic carbocycles. The summed E-state index contributed by atoms with van der Waals surface area (Å²) in [6.07, 6.45) is 1.84. The molecule has 0 fully saturated rings. The molecule has 10 aromatic rings. The predicted molar refractivity (Wildman–Crippen MR) is 188 cm³/mol. The summed E-state index contributed by atoms with van der Waals surface area (Å²) in [7, 11) is 2.09. The van der Waals surface area contributed by atoms with Crippen molar-refractivity contribution in [2.24, 2.45) is 7.05 Å². The molecule has 6 heteroatoms. The van der Waals surface area contributed by atoms with E-state index in [4.69, 9.17) is 9.97 Å². The number of aryl methyl sites for hydroxylation is 1. The van der Waals surface area contributed by atoms with Gasteiger partial charge in [0.15, 0.2) is 0 Å². The maximum absolute atomic E-state index is 5.11. The second-order valence-electron chi connectivity index (χ2n) is 11.8. The van der Waals surface area contributed by atoms with Crippen LogP contribution in [0, 0.1) is 12.1 Å². The molecule has 0 bridgehead atoms. The smallest absolute Gasteiger partial charge is 0.367 e. The van der Waals surface area contributed by atoms with Gasteiger partial charge in [-0.25, -0.2) is 4.98 Å². The number of hydrogen-bond donors (Lipinski definition) is 0. The number of fused-ring (bicyclic) bond motifs is 9. The van der Waals surface area contributed by atoms with Crippen LogP contribution >= 0.6 is 0 Å². The number of imidazole rings is 1. The zero-order valence-electron chi connectivity index (χ0n) is 25.3. The van der Waals surface area contributed by atoms with Crippen molar-refractivity contribution < 1.29 is 21.1 Å². The third kappa shape index (κ3) is 3.93. The quantitative estimate of drug-likeness (QED) is 0.168. The van der Waals surface area contributed by atoms with Gasteiger partial charge in [-0.3, -0.25) is 4.98 Å². The first-order valence-electron chi connectivity index (χ1n) is 15.4. The average Bonchev–Trinajstić information content (AvgIpc) is 3.75. The van der Waals surface area contributed by atoms with E-state index in [1.807, 2.05) is 24.4 Å². The van der Waals surface area contributed by atoms with Gasteiger partial charge in [0, 0.05) is 24.3 Å². The van der Waals surface area contributed by atoms with E-state index in [1.54, 1.807) is 0 Å². The SMILES string of the molecule is Cn1c(-c2[c-]c3c(c4ccccc24)c2ccccc2n3-c2[c-]c3c(cc2)c2ccccc2n3-c2ccccn2)nc2ccccc21.[Pt+2]. The van der Waals surface area contributed by atoms with Crippen molar-refractivity contribution in [3.8, 4) is 22.9 Å². The number of hydrogen-bond acceptors (Lipinski definition) is 2. The van der Waals surface area contributed by atoms with E-state index in [2.05, 4.69) is 142 Å². The molecule has 4 heterocycles. The fraction of sp³-hybridized carbons (Fsp3) is 0.0244. The van der Waals surface area contributed by atoms with E-state index >= 15 is 0 Å². The van der Waals surface area contributed by atoms with E-state index in [-0.39, 0.29) is 21.1 Å². The van der Waals surface area contributed by atoms with Crippen LogP contribution in [0.5, 0.6) is 0 Å². The van der Waals surface area contributed by atoms with Gasteiger partial charge in [0.05, 0.1) is 16.9 Å². The number of aromatic nitrogens is 5. The van der Waals surface area contributed by atoms with Crippen LogP contribution in [0.4, 0.5) is 0 Å². The standard InChI is InChI=1S/C41H25N5.Pt/c1-44-36-19-9-6-16-33(36)43-41(44)32-25-38-40(30-14-3-2-12-27(30)32)31-15-5-8-18-35(31)45(38)26-21-22-29-28-13-4-7-17-34(28)46(37(29)24-26)39-20-10-11-23-42-39;/h2-23H,1H3;/q-2;+2. The third-order valence-electron chi connectivity index (χ3n) is 9.28. The Morgan fingerprint density at radius 3 is 1.96 bits per heavy atom. The van der Waals surface area contributed by atoms with Gasteiger partial charge in [0.2, 0.25) is 0 Å². The first-order valence-corrected chi connectivity index (χ1v) is 15.4. The van der Waals surface area contributed by atoms with E-state index in [1.165, 1.54) is 21.5 Å². The third-order valence-corrected chi connectivity index (χ3v) is 9.28. The topological polar surface area (TPSA) is 40.6 Å². The van der Waals surface area contributed by atoms with Crippen molar-refractivity contribution in [3.05, 3.63) is 146 Å². The summed E-state index contributed by atoms with van der Waals surface area (Å²) in [5.41, 5.74) is 8.19. The fourth-order valence-electron chi connectivity index (χ4n) is 7.27. The molecule has 0 aliphatic rings. The van der Waals surface area contributed by atoms with Crippen molar-refractivity contribution in [1.82, 2.24) is 23.7 Å². The second-order valence-corrected chi connectivity index (χ2v) is 11.8. The molecule has 0 atom stereocenters. The summed E-state index contributed by atoms with van der Waals surface area (Å²) in [5, 5.41) is 6.98. The molecular formula is C41H25N5Pt. The van der Waals surface area contributed by atoms with Crippen molar-refractivity contribution >= 4 is 65.4 Å². The molecule has 0 radical (unpaired) electrons. The minimum absolute atomic E-state index is 0. The Kier molecular flexibility index (Phi) is 6.21. The first kappa shape index (κ1) is 27.8. The van der Waals surface area contributed by atoms with Gasteiger partial charge < -0.3 is 13.7 Å². The van der Waals surface area contributed by atoms with Crippen LogP contribution in [0.15, 0.2) is 134 Å². The molecular weight excluding hydrogens is 758 g/mol. The van der Waals surface area contributed by atoms with Crippen LogP contribution in [0.2, 0.25) is 0 Å². The summed E-state index contributed by atoms with van der Waals surface area (Å²) >= 11 is 0. The van der Waals surface area contributed by atoms with E-state index < -0.39 is 0 Å². The molecule has 0 saturated heterocycles. The molecule has 47 heavy (non-hydrogen) atoms. The molecule has 0 aliphatic carbocycles. The molecule has 224 valence electrons.